The van der Waals surface area contributed by atoms with Gasteiger partial charge in [-0.05, 0) is 61.4 Å². The first kappa shape index (κ1) is 23.8. The Morgan fingerprint density at radius 1 is 0.559 bits per heavy atom. The van der Waals surface area contributed by atoms with Gasteiger partial charge in [-0.15, -0.1) is 20.5 Å². The molecule has 4 aromatic rings. The van der Waals surface area contributed by atoms with E-state index in [0.717, 1.165) is 50.1 Å². The van der Waals surface area contributed by atoms with E-state index in [1.807, 2.05) is 45.8 Å². The summed E-state index contributed by atoms with van der Waals surface area (Å²) in [5.74, 6) is 1.20. The molecule has 0 aliphatic heterocycles. The van der Waals surface area contributed by atoms with Crippen molar-refractivity contribution in [2.45, 2.75) is 38.8 Å². The molecular weight excluding hydrogens is 471 g/mol. The zero-order chi connectivity index (χ0) is 23.6. The summed E-state index contributed by atoms with van der Waals surface area (Å²) < 4.78 is 4.04. The lowest BCUT2D eigenvalue weighted by Gasteiger charge is -2.06. The van der Waals surface area contributed by atoms with Gasteiger partial charge in [0.1, 0.15) is 0 Å². The van der Waals surface area contributed by atoms with E-state index in [-0.39, 0.29) is 0 Å². The van der Waals surface area contributed by atoms with Crippen molar-refractivity contribution in [2.24, 2.45) is 20.5 Å². The largest absolute Gasteiger partial charge is 0.314 e. The van der Waals surface area contributed by atoms with Crippen LogP contribution in [0, 0.1) is 0 Å². The Labute approximate surface area is 208 Å². The second-order valence-electron chi connectivity index (χ2n) is 7.61. The summed E-state index contributed by atoms with van der Waals surface area (Å²) in [6, 6.07) is 14.5. The molecule has 10 heteroatoms. The average molecular weight is 495 g/mol. The normalized spacial score (nSPS) is 11.7. The number of aryl methyl sites for hydroxylation is 2. The maximum Gasteiger partial charge on any atom is 0.249 e. The van der Waals surface area contributed by atoms with Crippen molar-refractivity contribution in [3.8, 4) is 0 Å². The van der Waals surface area contributed by atoms with Crippen molar-refractivity contribution in [1.29, 1.82) is 0 Å². The summed E-state index contributed by atoms with van der Waals surface area (Å²) in [4.78, 5) is 8.58. The summed E-state index contributed by atoms with van der Waals surface area (Å²) in [7, 11) is 0. The fraction of sp³-hybridized carbons (Fsp3) is 0.250. The van der Waals surface area contributed by atoms with Crippen LogP contribution in [0.4, 0.5) is 23.3 Å². The molecule has 0 spiro atoms. The fourth-order valence-electron chi connectivity index (χ4n) is 3.30. The van der Waals surface area contributed by atoms with Crippen molar-refractivity contribution in [1.82, 2.24) is 19.1 Å². The van der Waals surface area contributed by atoms with E-state index < -0.39 is 0 Å². The van der Waals surface area contributed by atoms with Crippen LogP contribution < -0.4 is 0 Å². The van der Waals surface area contributed by atoms with Gasteiger partial charge in [-0.3, -0.25) is 0 Å². The number of aromatic nitrogens is 4. The molecule has 0 bridgehead atoms. The van der Waals surface area contributed by atoms with Crippen LogP contribution in [0.15, 0.2) is 93.8 Å². The van der Waals surface area contributed by atoms with Crippen molar-refractivity contribution < 1.29 is 0 Å². The maximum atomic E-state index is 5.90. The van der Waals surface area contributed by atoms with Gasteiger partial charge in [-0.25, -0.2) is 9.97 Å². The number of nitrogens with zero attached hydrogens (tertiary/aromatic N) is 8. The standard InChI is InChI=1S/C24H24Cl2N8/c25-19-5-9-21(10-6-19)29-31-23-27-13-17-33(23)15-3-1-2-4-16-34-18-14-28-24(34)32-30-22-11-7-20(26)8-12-22/h5-14,17-18H,1-4,15-16H2. The molecule has 0 amide bonds. The predicted molar refractivity (Wildman–Crippen MR) is 134 cm³/mol. The summed E-state index contributed by atoms with van der Waals surface area (Å²) in [6.45, 7) is 1.70. The van der Waals surface area contributed by atoms with Crippen LogP contribution in [0.2, 0.25) is 10.0 Å². The molecule has 4 rings (SSSR count). The van der Waals surface area contributed by atoms with Crippen LogP contribution in [0.3, 0.4) is 0 Å². The number of halogens is 2. The smallest absolute Gasteiger partial charge is 0.249 e. The van der Waals surface area contributed by atoms with E-state index in [2.05, 4.69) is 30.4 Å². The number of benzene rings is 2. The van der Waals surface area contributed by atoms with E-state index in [1.165, 1.54) is 0 Å². The molecule has 0 unspecified atom stereocenters. The SMILES string of the molecule is Clc1ccc(N=Nc2nccn2CCCCCCn2ccnc2N=Nc2ccc(Cl)cc2)cc1. The molecule has 0 radical (unpaired) electrons. The molecular formula is C24H24Cl2N8. The summed E-state index contributed by atoms with van der Waals surface area (Å²) in [5, 5.41) is 18.3. The molecule has 174 valence electrons. The van der Waals surface area contributed by atoms with Gasteiger partial charge < -0.3 is 9.13 Å². The number of rotatable bonds is 11. The van der Waals surface area contributed by atoms with E-state index in [4.69, 9.17) is 23.2 Å². The Bertz CT molecular complexity index is 1130. The van der Waals surface area contributed by atoms with Crippen LogP contribution in [-0.4, -0.2) is 19.1 Å². The van der Waals surface area contributed by atoms with E-state index >= 15 is 0 Å². The quantitative estimate of drug-likeness (QED) is 0.154. The minimum Gasteiger partial charge on any atom is -0.314 e. The van der Waals surface area contributed by atoms with Gasteiger partial charge in [-0.2, -0.15) is 0 Å². The molecule has 8 nitrogen and oxygen atoms in total. The second-order valence-corrected chi connectivity index (χ2v) is 8.48. The molecule has 34 heavy (non-hydrogen) atoms. The van der Waals surface area contributed by atoms with Crippen LogP contribution >= 0.6 is 23.2 Å². The number of hydrogen-bond donors (Lipinski definition) is 0. The highest BCUT2D eigenvalue weighted by atomic mass is 35.5. The average Bonchev–Trinajstić information content (AvgIpc) is 3.49. The molecule has 2 aromatic carbocycles. The molecule has 0 saturated carbocycles. The molecule has 2 aromatic heterocycles. The lowest BCUT2D eigenvalue weighted by atomic mass is 10.2. The highest BCUT2D eigenvalue weighted by molar-refractivity contribution is 6.30. The van der Waals surface area contributed by atoms with Crippen LogP contribution in [-0.2, 0) is 13.1 Å². The summed E-state index contributed by atoms with van der Waals surface area (Å²) >= 11 is 11.8. The molecule has 0 aliphatic rings. The van der Waals surface area contributed by atoms with Crippen LogP contribution in [0.1, 0.15) is 25.7 Å². The summed E-state index contributed by atoms with van der Waals surface area (Å²) in [6.07, 6.45) is 11.6. The lowest BCUT2D eigenvalue weighted by Crippen LogP contribution is -1.98. The Balaban J connectivity index is 1.19. The van der Waals surface area contributed by atoms with Gasteiger partial charge in [0, 0.05) is 47.9 Å². The van der Waals surface area contributed by atoms with E-state index in [1.54, 1.807) is 36.7 Å². The molecule has 0 fully saturated rings. The van der Waals surface area contributed by atoms with E-state index in [9.17, 15) is 0 Å². The fourth-order valence-corrected chi connectivity index (χ4v) is 3.55. The molecule has 0 atom stereocenters. The Morgan fingerprint density at radius 3 is 1.38 bits per heavy atom. The molecule has 0 saturated heterocycles. The first-order valence-electron chi connectivity index (χ1n) is 11.0. The van der Waals surface area contributed by atoms with Crippen LogP contribution in [0.5, 0.6) is 0 Å². The zero-order valence-electron chi connectivity index (χ0n) is 18.5. The van der Waals surface area contributed by atoms with Gasteiger partial charge in [-0.1, -0.05) is 36.0 Å². The number of unbranched alkanes of at least 4 members (excludes halogenated alkanes) is 3. The third kappa shape index (κ3) is 7.07. The second kappa shape index (κ2) is 12.2. The van der Waals surface area contributed by atoms with Crippen molar-refractivity contribution in [2.75, 3.05) is 0 Å². The van der Waals surface area contributed by atoms with E-state index in [0.29, 0.717) is 21.9 Å². The number of hydrogen-bond acceptors (Lipinski definition) is 6. The predicted octanol–water partition coefficient (Wildman–Crippen LogP) is 8.48. The Kier molecular flexibility index (Phi) is 8.54. The first-order valence-corrected chi connectivity index (χ1v) is 11.8. The minimum absolute atomic E-state index is 0.601. The van der Waals surface area contributed by atoms with Crippen LogP contribution in [0.25, 0.3) is 0 Å². The lowest BCUT2D eigenvalue weighted by molar-refractivity contribution is 0.541. The van der Waals surface area contributed by atoms with Gasteiger partial charge in [0.15, 0.2) is 0 Å². The maximum absolute atomic E-state index is 5.90. The molecule has 2 heterocycles. The van der Waals surface area contributed by atoms with Gasteiger partial charge >= 0.3 is 0 Å². The van der Waals surface area contributed by atoms with Crippen molar-refractivity contribution in [3.05, 3.63) is 83.4 Å². The van der Waals surface area contributed by atoms with Crippen molar-refractivity contribution in [3.63, 3.8) is 0 Å². The minimum atomic E-state index is 0.601. The highest BCUT2D eigenvalue weighted by Gasteiger charge is 2.03. The first-order chi connectivity index (χ1) is 16.7. The summed E-state index contributed by atoms with van der Waals surface area (Å²) in [5.41, 5.74) is 1.48. The van der Waals surface area contributed by atoms with Crippen molar-refractivity contribution >= 4 is 46.5 Å². The third-order valence-electron chi connectivity index (χ3n) is 5.10. The molecule has 0 aliphatic carbocycles. The Hall–Kier alpha value is -3.36. The molecule has 0 N–H and O–H groups in total. The third-order valence-corrected chi connectivity index (χ3v) is 5.60. The Morgan fingerprint density at radius 2 is 0.971 bits per heavy atom. The monoisotopic (exact) mass is 494 g/mol. The number of imidazole rings is 2. The van der Waals surface area contributed by atoms with Gasteiger partial charge in [0.25, 0.3) is 0 Å². The topological polar surface area (TPSA) is 85.1 Å². The highest BCUT2D eigenvalue weighted by Crippen LogP contribution is 2.21. The van der Waals surface area contributed by atoms with Gasteiger partial charge in [0.05, 0.1) is 11.4 Å². The number of azo groups is 2. The van der Waals surface area contributed by atoms with Gasteiger partial charge in [0.2, 0.25) is 11.9 Å². The zero-order valence-corrected chi connectivity index (χ0v) is 20.0.